The Balaban J connectivity index is 2.21. The summed E-state index contributed by atoms with van der Waals surface area (Å²) in [5.74, 6) is -0.168. The molecule has 3 rings (SSSR count). The predicted molar refractivity (Wildman–Crippen MR) is 94.2 cm³/mol. The molecule has 0 aliphatic heterocycles. The number of hydrogen-bond donors (Lipinski definition) is 0. The summed E-state index contributed by atoms with van der Waals surface area (Å²) >= 11 is 12.3. The Labute approximate surface area is 151 Å². The van der Waals surface area contributed by atoms with Crippen molar-refractivity contribution in [2.24, 2.45) is 0 Å². The van der Waals surface area contributed by atoms with Gasteiger partial charge in [-0.25, -0.2) is 9.36 Å². The van der Waals surface area contributed by atoms with Gasteiger partial charge >= 0.3 is 5.76 Å². The lowest BCUT2D eigenvalue weighted by atomic mass is 10.2. The first-order valence-electron chi connectivity index (χ1n) is 7.24. The lowest BCUT2D eigenvalue weighted by Gasteiger charge is -2.10. The van der Waals surface area contributed by atoms with Gasteiger partial charge in [0.15, 0.2) is 5.58 Å². The highest BCUT2D eigenvalue weighted by Crippen LogP contribution is 2.34. The van der Waals surface area contributed by atoms with Gasteiger partial charge in [0, 0.05) is 18.2 Å². The monoisotopic (exact) mass is 382 g/mol. The summed E-state index contributed by atoms with van der Waals surface area (Å²) in [7, 11) is 0. The zero-order valence-corrected chi connectivity index (χ0v) is 14.7. The van der Waals surface area contributed by atoms with E-state index >= 15 is 0 Å². The number of rotatable bonds is 4. The van der Waals surface area contributed by atoms with E-state index in [1.807, 2.05) is 13.8 Å². The molecule has 2 aromatic carbocycles. The molecule has 7 nitrogen and oxygen atoms in total. The van der Waals surface area contributed by atoms with E-state index < -0.39 is 10.7 Å². The van der Waals surface area contributed by atoms with Crippen LogP contribution in [0.15, 0.2) is 39.5 Å². The SMILES string of the molecule is CC(C)Oc1ccc2c(c1)oc(=O)n2-c1c(Cl)cc([N+](=O)[O-])cc1Cl. The van der Waals surface area contributed by atoms with E-state index in [0.29, 0.717) is 11.3 Å². The molecule has 0 spiro atoms. The van der Waals surface area contributed by atoms with Gasteiger partial charge in [-0.3, -0.25) is 10.1 Å². The summed E-state index contributed by atoms with van der Waals surface area (Å²) in [5, 5.41) is 10.8. The van der Waals surface area contributed by atoms with Gasteiger partial charge in [0.05, 0.1) is 32.3 Å². The quantitative estimate of drug-likeness (QED) is 0.486. The number of hydrogen-bond acceptors (Lipinski definition) is 5. The molecule has 1 heterocycles. The van der Waals surface area contributed by atoms with Gasteiger partial charge in [-0.15, -0.1) is 0 Å². The lowest BCUT2D eigenvalue weighted by molar-refractivity contribution is -0.384. The summed E-state index contributed by atoms with van der Waals surface area (Å²) in [5.41, 5.74) is 0.551. The highest BCUT2D eigenvalue weighted by atomic mass is 35.5. The summed E-state index contributed by atoms with van der Waals surface area (Å²) in [4.78, 5) is 22.6. The molecular weight excluding hydrogens is 371 g/mol. The van der Waals surface area contributed by atoms with Crippen molar-refractivity contribution in [3.8, 4) is 11.4 Å². The fourth-order valence-electron chi connectivity index (χ4n) is 2.43. The summed E-state index contributed by atoms with van der Waals surface area (Å²) in [6, 6.07) is 7.15. The van der Waals surface area contributed by atoms with Gasteiger partial charge in [-0.05, 0) is 26.0 Å². The van der Waals surface area contributed by atoms with Crippen LogP contribution in [0.4, 0.5) is 5.69 Å². The number of aromatic nitrogens is 1. The number of non-ortho nitro benzene ring substituents is 1. The number of nitro benzene ring substituents is 1. The van der Waals surface area contributed by atoms with Gasteiger partial charge in [0.2, 0.25) is 0 Å². The van der Waals surface area contributed by atoms with Crippen molar-refractivity contribution >= 4 is 40.0 Å². The molecule has 9 heteroatoms. The van der Waals surface area contributed by atoms with Crippen LogP contribution in [0.3, 0.4) is 0 Å². The smallest absolute Gasteiger partial charge is 0.424 e. The van der Waals surface area contributed by atoms with Crippen LogP contribution in [0.2, 0.25) is 10.0 Å². The molecule has 0 radical (unpaired) electrons. The van der Waals surface area contributed by atoms with Gasteiger partial charge < -0.3 is 9.15 Å². The third-order valence-electron chi connectivity index (χ3n) is 3.36. The van der Waals surface area contributed by atoms with E-state index in [2.05, 4.69) is 0 Å². The second-order valence-electron chi connectivity index (χ2n) is 5.51. The molecule has 0 bridgehead atoms. The maximum absolute atomic E-state index is 12.3. The minimum atomic E-state index is -0.714. The number of oxazole rings is 1. The second-order valence-corrected chi connectivity index (χ2v) is 6.33. The Morgan fingerprint density at radius 3 is 2.40 bits per heavy atom. The van der Waals surface area contributed by atoms with Crippen LogP contribution >= 0.6 is 23.2 Å². The van der Waals surface area contributed by atoms with Crippen LogP contribution in [0.1, 0.15) is 13.8 Å². The molecule has 0 aliphatic carbocycles. The van der Waals surface area contributed by atoms with E-state index in [-0.39, 0.29) is 33.1 Å². The normalized spacial score (nSPS) is 11.2. The Morgan fingerprint density at radius 1 is 1.20 bits per heavy atom. The maximum Gasteiger partial charge on any atom is 0.424 e. The minimum absolute atomic E-state index is 0.0356. The van der Waals surface area contributed by atoms with Crippen LogP contribution in [0.25, 0.3) is 16.8 Å². The Bertz CT molecular complexity index is 1020. The molecule has 130 valence electrons. The highest BCUT2D eigenvalue weighted by Gasteiger charge is 2.21. The summed E-state index contributed by atoms with van der Waals surface area (Å²) in [6.45, 7) is 3.75. The fraction of sp³-hybridized carbons (Fsp3) is 0.188. The van der Waals surface area contributed by atoms with Crippen molar-refractivity contribution in [3.63, 3.8) is 0 Å². The third kappa shape index (κ3) is 3.20. The first-order valence-corrected chi connectivity index (χ1v) is 7.99. The zero-order chi connectivity index (χ0) is 18.3. The van der Waals surface area contributed by atoms with Gasteiger partial charge in [-0.2, -0.15) is 0 Å². The van der Waals surface area contributed by atoms with Gasteiger partial charge in [-0.1, -0.05) is 23.2 Å². The van der Waals surface area contributed by atoms with E-state index in [9.17, 15) is 14.9 Å². The van der Waals surface area contributed by atoms with E-state index in [4.69, 9.17) is 32.4 Å². The summed E-state index contributed by atoms with van der Waals surface area (Å²) in [6.07, 6.45) is -0.0372. The Morgan fingerprint density at radius 2 is 1.84 bits per heavy atom. The van der Waals surface area contributed by atoms with Crippen molar-refractivity contribution in [2.75, 3.05) is 0 Å². The van der Waals surface area contributed by atoms with Crippen molar-refractivity contribution in [2.45, 2.75) is 20.0 Å². The van der Waals surface area contributed by atoms with E-state index in [1.165, 1.54) is 4.57 Å². The van der Waals surface area contributed by atoms with E-state index in [1.54, 1.807) is 18.2 Å². The molecule has 0 unspecified atom stereocenters. The predicted octanol–water partition coefficient (Wildman–Crippen LogP) is 4.59. The number of benzene rings is 2. The zero-order valence-electron chi connectivity index (χ0n) is 13.2. The molecule has 0 saturated heterocycles. The Hall–Kier alpha value is -2.51. The van der Waals surface area contributed by atoms with Crippen LogP contribution in [-0.2, 0) is 0 Å². The number of halogens is 2. The minimum Gasteiger partial charge on any atom is -0.491 e. The molecule has 1 aromatic heterocycles. The summed E-state index contributed by atoms with van der Waals surface area (Å²) < 4.78 is 12.0. The molecule has 0 N–H and O–H groups in total. The number of ether oxygens (including phenoxy) is 1. The largest absolute Gasteiger partial charge is 0.491 e. The molecule has 3 aromatic rings. The molecule has 25 heavy (non-hydrogen) atoms. The van der Waals surface area contributed by atoms with E-state index in [0.717, 1.165) is 12.1 Å². The first-order chi connectivity index (χ1) is 11.8. The van der Waals surface area contributed by atoms with Crippen LogP contribution in [0.5, 0.6) is 5.75 Å². The molecule has 0 fully saturated rings. The standard InChI is InChI=1S/C16H12Cl2N2O5/c1-8(2)24-10-3-4-13-14(7-10)25-16(21)19(13)15-11(17)5-9(20(22)23)6-12(15)18/h3-8H,1-2H3. The van der Waals surface area contributed by atoms with Gasteiger partial charge in [0.25, 0.3) is 5.69 Å². The molecule has 0 saturated carbocycles. The van der Waals surface area contributed by atoms with Crippen LogP contribution in [-0.4, -0.2) is 15.6 Å². The Kier molecular flexibility index (Phi) is 4.45. The van der Waals surface area contributed by atoms with Gasteiger partial charge in [0.1, 0.15) is 5.75 Å². The average molecular weight is 383 g/mol. The molecular formula is C16H12Cl2N2O5. The van der Waals surface area contributed by atoms with Crippen molar-refractivity contribution in [1.82, 2.24) is 4.57 Å². The van der Waals surface area contributed by atoms with Crippen LogP contribution < -0.4 is 10.5 Å². The lowest BCUT2D eigenvalue weighted by Crippen LogP contribution is -2.13. The van der Waals surface area contributed by atoms with Crippen LogP contribution in [0, 0.1) is 10.1 Å². The molecule has 0 amide bonds. The third-order valence-corrected chi connectivity index (χ3v) is 3.94. The maximum atomic E-state index is 12.3. The number of nitrogens with zero attached hydrogens (tertiary/aromatic N) is 2. The molecule has 0 atom stereocenters. The molecule has 0 aliphatic rings. The van der Waals surface area contributed by atoms with Crippen molar-refractivity contribution in [1.29, 1.82) is 0 Å². The van der Waals surface area contributed by atoms with Crippen molar-refractivity contribution in [3.05, 3.63) is 61.0 Å². The van der Waals surface area contributed by atoms with Crippen molar-refractivity contribution < 1.29 is 14.1 Å². The fourth-order valence-corrected chi connectivity index (χ4v) is 3.07. The highest BCUT2D eigenvalue weighted by molar-refractivity contribution is 6.38. The second kappa shape index (κ2) is 6.42. The average Bonchev–Trinajstić information content (AvgIpc) is 2.81. The number of nitro groups is 1. The number of fused-ring (bicyclic) bond motifs is 1. The first kappa shape index (κ1) is 17.3. The topological polar surface area (TPSA) is 87.5 Å².